The summed E-state index contributed by atoms with van der Waals surface area (Å²) >= 11 is 0. The molecule has 0 aromatic heterocycles. The number of anilines is 1. The molecule has 0 atom stereocenters. The minimum absolute atomic E-state index is 0.226. The maximum absolute atomic E-state index is 9.79. The van der Waals surface area contributed by atoms with E-state index in [4.69, 9.17) is 5.73 Å². The quantitative estimate of drug-likeness (QED) is 0.693. The van der Waals surface area contributed by atoms with Gasteiger partial charge in [-0.25, -0.2) is 0 Å². The molecule has 0 heterocycles. The van der Waals surface area contributed by atoms with Crippen LogP contribution in [-0.2, 0) is 0 Å². The summed E-state index contributed by atoms with van der Waals surface area (Å²) in [5, 5.41) is 9.79. The van der Waals surface area contributed by atoms with Crippen LogP contribution in [0, 0.1) is 6.92 Å². The van der Waals surface area contributed by atoms with Gasteiger partial charge in [0.1, 0.15) is 5.75 Å². The average Bonchev–Trinajstić information content (AvgIpc) is 2.20. The van der Waals surface area contributed by atoms with Crippen molar-refractivity contribution in [1.82, 2.24) is 0 Å². The number of hydrogen-bond acceptors (Lipinski definition) is 2. The van der Waals surface area contributed by atoms with Crippen molar-refractivity contribution in [2.75, 3.05) is 5.73 Å². The van der Waals surface area contributed by atoms with E-state index < -0.39 is 0 Å². The van der Waals surface area contributed by atoms with E-state index in [2.05, 4.69) is 0 Å². The lowest BCUT2D eigenvalue weighted by Crippen LogP contribution is -1.91. The summed E-state index contributed by atoms with van der Waals surface area (Å²) in [6.45, 7) is 2.00. The zero-order chi connectivity index (χ0) is 10.8. The van der Waals surface area contributed by atoms with E-state index in [9.17, 15) is 5.11 Å². The van der Waals surface area contributed by atoms with Gasteiger partial charge in [-0.15, -0.1) is 0 Å². The van der Waals surface area contributed by atoms with Gasteiger partial charge in [-0.3, -0.25) is 0 Å². The van der Waals surface area contributed by atoms with Gasteiger partial charge in [-0.05, 0) is 30.2 Å². The Morgan fingerprint density at radius 3 is 2.40 bits per heavy atom. The van der Waals surface area contributed by atoms with Crippen LogP contribution in [0.25, 0.3) is 11.1 Å². The van der Waals surface area contributed by atoms with Crippen molar-refractivity contribution in [2.24, 2.45) is 0 Å². The molecule has 0 saturated heterocycles. The van der Waals surface area contributed by atoms with Crippen LogP contribution in [0.2, 0.25) is 0 Å². The fourth-order valence-corrected chi connectivity index (χ4v) is 1.70. The Labute approximate surface area is 89.0 Å². The summed E-state index contributed by atoms with van der Waals surface area (Å²) < 4.78 is 0. The molecule has 0 spiro atoms. The van der Waals surface area contributed by atoms with Crippen LogP contribution in [-0.4, -0.2) is 5.11 Å². The smallest absolute Gasteiger partial charge is 0.125 e. The first kappa shape index (κ1) is 9.59. The van der Waals surface area contributed by atoms with Crippen LogP contribution in [0.1, 0.15) is 5.56 Å². The van der Waals surface area contributed by atoms with E-state index in [0.29, 0.717) is 5.69 Å². The molecule has 0 aliphatic carbocycles. The van der Waals surface area contributed by atoms with E-state index in [1.165, 1.54) is 0 Å². The Morgan fingerprint density at radius 1 is 1.00 bits per heavy atom. The Bertz CT molecular complexity index is 471. The van der Waals surface area contributed by atoms with Crippen molar-refractivity contribution in [3.8, 4) is 16.9 Å². The molecule has 15 heavy (non-hydrogen) atoms. The molecule has 2 aromatic rings. The van der Waals surface area contributed by atoms with Crippen LogP contribution in [0.5, 0.6) is 5.75 Å². The number of nitrogens with two attached hydrogens (primary N) is 1. The van der Waals surface area contributed by atoms with Gasteiger partial charge in [-0.1, -0.05) is 30.3 Å². The summed E-state index contributed by atoms with van der Waals surface area (Å²) in [5.41, 5.74) is 9.26. The number of phenolic OH excluding ortho intramolecular Hbond substituents is 1. The van der Waals surface area contributed by atoms with Crippen LogP contribution in [0.4, 0.5) is 5.69 Å². The third kappa shape index (κ3) is 1.66. The standard InChI is InChI=1S/C13H13NO/c1-9-5-2-3-6-10(9)13-11(14)7-4-8-12(13)15/h2-8,15H,14H2,1H3. The number of nitrogen functional groups attached to an aromatic ring is 1. The molecule has 0 unspecified atom stereocenters. The Balaban J connectivity index is 2.69. The van der Waals surface area contributed by atoms with Gasteiger partial charge in [0.2, 0.25) is 0 Å². The molecule has 0 aliphatic heterocycles. The molecule has 76 valence electrons. The molecule has 2 rings (SSSR count). The maximum atomic E-state index is 9.79. The molecule has 2 heteroatoms. The molecule has 0 amide bonds. The first-order valence-electron chi connectivity index (χ1n) is 4.83. The largest absolute Gasteiger partial charge is 0.507 e. The molecule has 2 aromatic carbocycles. The molecule has 3 N–H and O–H groups in total. The summed E-state index contributed by atoms with van der Waals surface area (Å²) in [7, 11) is 0. The number of aromatic hydroxyl groups is 1. The highest BCUT2D eigenvalue weighted by Crippen LogP contribution is 2.35. The highest BCUT2D eigenvalue weighted by Gasteiger charge is 2.09. The van der Waals surface area contributed by atoms with Gasteiger partial charge in [0.15, 0.2) is 0 Å². The third-order valence-electron chi connectivity index (χ3n) is 2.49. The zero-order valence-electron chi connectivity index (χ0n) is 8.57. The molecule has 0 bridgehead atoms. The number of hydrogen-bond donors (Lipinski definition) is 2. The minimum Gasteiger partial charge on any atom is -0.507 e. The number of benzene rings is 2. The van der Waals surface area contributed by atoms with Crippen molar-refractivity contribution < 1.29 is 5.11 Å². The third-order valence-corrected chi connectivity index (χ3v) is 2.49. The second-order valence-corrected chi connectivity index (χ2v) is 3.56. The normalized spacial score (nSPS) is 10.2. The maximum Gasteiger partial charge on any atom is 0.125 e. The van der Waals surface area contributed by atoms with Gasteiger partial charge in [0.05, 0.1) is 0 Å². The first-order valence-corrected chi connectivity index (χ1v) is 4.83. The number of rotatable bonds is 1. The van der Waals surface area contributed by atoms with Crippen molar-refractivity contribution in [3.05, 3.63) is 48.0 Å². The van der Waals surface area contributed by atoms with Gasteiger partial charge in [0.25, 0.3) is 0 Å². The van der Waals surface area contributed by atoms with Crippen molar-refractivity contribution in [1.29, 1.82) is 0 Å². The van der Waals surface area contributed by atoms with E-state index in [0.717, 1.165) is 16.7 Å². The highest BCUT2D eigenvalue weighted by molar-refractivity contribution is 5.83. The van der Waals surface area contributed by atoms with Crippen LogP contribution >= 0.6 is 0 Å². The molecule has 0 fully saturated rings. The van der Waals surface area contributed by atoms with Crippen molar-refractivity contribution >= 4 is 5.69 Å². The lowest BCUT2D eigenvalue weighted by molar-refractivity contribution is 0.477. The van der Waals surface area contributed by atoms with Crippen LogP contribution in [0.15, 0.2) is 42.5 Å². The molecule has 0 saturated carbocycles. The van der Waals surface area contributed by atoms with Gasteiger partial charge >= 0.3 is 0 Å². The van der Waals surface area contributed by atoms with Crippen molar-refractivity contribution in [2.45, 2.75) is 6.92 Å². The molecular formula is C13H13NO. The van der Waals surface area contributed by atoms with E-state index in [-0.39, 0.29) is 5.75 Å². The topological polar surface area (TPSA) is 46.2 Å². The lowest BCUT2D eigenvalue weighted by Gasteiger charge is -2.10. The Kier molecular flexibility index (Phi) is 2.34. The van der Waals surface area contributed by atoms with Gasteiger partial charge in [-0.2, -0.15) is 0 Å². The lowest BCUT2D eigenvalue weighted by atomic mass is 9.98. The Morgan fingerprint density at radius 2 is 1.73 bits per heavy atom. The zero-order valence-corrected chi connectivity index (χ0v) is 8.57. The van der Waals surface area contributed by atoms with E-state index in [1.54, 1.807) is 18.2 Å². The van der Waals surface area contributed by atoms with E-state index >= 15 is 0 Å². The fraction of sp³-hybridized carbons (Fsp3) is 0.0769. The predicted octanol–water partition coefficient (Wildman–Crippen LogP) is 2.95. The molecule has 0 radical (unpaired) electrons. The predicted molar refractivity (Wildman–Crippen MR) is 62.7 cm³/mol. The molecule has 2 nitrogen and oxygen atoms in total. The van der Waals surface area contributed by atoms with Crippen LogP contribution in [0.3, 0.4) is 0 Å². The average molecular weight is 199 g/mol. The SMILES string of the molecule is Cc1ccccc1-c1c(N)cccc1O. The summed E-state index contributed by atoms with van der Waals surface area (Å²) in [4.78, 5) is 0. The second-order valence-electron chi connectivity index (χ2n) is 3.56. The molecular weight excluding hydrogens is 186 g/mol. The number of phenols is 1. The first-order chi connectivity index (χ1) is 7.20. The second kappa shape index (κ2) is 3.65. The van der Waals surface area contributed by atoms with Crippen LogP contribution < -0.4 is 5.73 Å². The minimum atomic E-state index is 0.226. The highest BCUT2D eigenvalue weighted by atomic mass is 16.3. The van der Waals surface area contributed by atoms with Gasteiger partial charge < -0.3 is 10.8 Å². The Hall–Kier alpha value is -1.96. The van der Waals surface area contributed by atoms with Crippen molar-refractivity contribution in [3.63, 3.8) is 0 Å². The summed E-state index contributed by atoms with van der Waals surface area (Å²) in [6, 6.07) is 13.1. The number of aryl methyl sites for hydroxylation is 1. The summed E-state index contributed by atoms with van der Waals surface area (Å²) in [5.74, 6) is 0.226. The fourth-order valence-electron chi connectivity index (χ4n) is 1.70. The molecule has 0 aliphatic rings. The summed E-state index contributed by atoms with van der Waals surface area (Å²) in [6.07, 6.45) is 0. The van der Waals surface area contributed by atoms with Gasteiger partial charge in [0, 0.05) is 11.3 Å². The monoisotopic (exact) mass is 199 g/mol. The van der Waals surface area contributed by atoms with E-state index in [1.807, 2.05) is 31.2 Å².